The van der Waals surface area contributed by atoms with E-state index in [9.17, 15) is 19.2 Å². The van der Waals surface area contributed by atoms with Crippen LogP contribution in [0, 0.1) is 29.0 Å². The van der Waals surface area contributed by atoms with Gasteiger partial charge in [0.1, 0.15) is 11.4 Å². The predicted octanol–water partition coefficient (Wildman–Crippen LogP) is 6.69. The lowest BCUT2D eigenvalue weighted by Gasteiger charge is -2.40. The molecule has 212 valence electrons. The number of halogens is 1. The van der Waals surface area contributed by atoms with Gasteiger partial charge in [-0.15, -0.1) is 0 Å². The third-order valence-electron chi connectivity index (χ3n) is 8.78. The number of piperidine rings is 1. The quantitative estimate of drug-likeness (QED) is 0.453. The number of rotatable bonds is 5. The molecule has 1 unspecified atom stereocenters. The van der Waals surface area contributed by atoms with E-state index in [2.05, 4.69) is 17.5 Å². The number of hydrogen-bond donors (Lipinski definition) is 1. The van der Waals surface area contributed by atoms with Gasteiger partial charge in [0.25, 0.3) is 0 Å². The van der Waals surface area contributed by atoms with Crippen molar-refractivity contribution in [1.29, 1.82) is 5.26 Å². The summed E-state index contributed by atoms with van der Waals surface area (Å²) in [5.74, 6) is 0.340. The second kappa shape index (κ2) is 11.1. The third-order valence-corrected chi connectivity index (χ3v) is 8.78. The van der Waals surface area contributed by atoms with Crippen LogP contribution in [0.3, 0.4) is 0 Å². The van der Waals surface area contributed by atoms with Gasteiger partial charge >= 0.3 is 12.1 Å². The summed E-state index contributed by atoms with van der Waals surface area (Å²) in [4.78, 5) is 29.9. The van der Waals surface area contributed by atoms with E-state index < -0.39 is 5.60 Å². The first-order valence-electron chi connectivity index (χ1n) is 14.4. The van der Waals surface area contributed by atoms with Crippen LogP contribution in [0.4, 0.5) is 19.7 Å². The molecule has 1 aliphatic heterocycles. The van der Waals surface area contributed by atoms with Crippen molar-refractivity contribution in [3.8, 4) is 6.07 Å². The van der Waals surface area contributed by atoms with Crippen LogP contribution < -0.4 is 5.32 Å². The number of amides is 3. The number of nitrogens with zero attached hydrogens (tertiary/aromatic N) is 3. The summed E-state index contributed by atoms with van der Waals surface area (Å²) in [6.07, 6.45) is 5.13. The van der Waals surface area contributed by atoms with Crippen LogP contribution in [0.1, 0.15) is 70.4 Å². The summed E-state index contributed by atoms with van der Waals surface area (Å²) in [5.41, 5.74) is 1.94. The molecule has 5 rings (SSSR count). The fourth-order valence-electron chi connectivity index (χ4n) is 6.61. The molecule has 0 spiro atoms. The summed E-state index contributed by atoms with van der Waals surface area (Å²) >= 11 is 0. The number of nitrogens with one attached hydrogen (secondary N) is 1. The maximum Gasteiger partial charge on any atom is 0.410 e. The van der Waals surface area contributed by atoms with Crippen molar-refractivity contribution in [2.45, 2.75) is 76.4 Å². The van der Waals surface area contributed by atoms with Crippen molar-refractivity contribution in [3.63, 3.8) is 0 Å². The van der Waals surface area contributed by atoms with Gasteiger partial charge < -0.3 is 19.9 Å². The van der Waals surface area contributed by atoms with E-state index in [1.807, 2.05) is 43.9 Å². The highest BCUT2D eigenvalue weighted by molar-refractivity contribution is 5.89. The molecule has 0 aromatic heterocycles. The van der Waals surface area contributed by atoms with Crippen molar-refractivity contribution < 1.29 is 18.7 Å². The van der Waals surface area contributed by atoms with E-state index in [4.69, 9.17) is 4.74 Å². The van der Waals surface area contributed by atoms with Gasteiger partial charge in [-0.3, -0.25) is 0 Å². The Bertz CT molecular complexity index is 1290. The number of hydrogen-bond acceptors (Lipinski definition) is 4. The highest BCUT2D eigenvalue weighted by Crippen LogP contribution is 2.63. The fourth-order valence-corrected chi connectivity index (χ4v) is 6.61. The molecule has 2 aromatic rings. The molecular weight excluding hydrogens is 507 g/mol. The molecule has 8 heteroatoms. The Kier molecular flexibility index (Phi) is 7.76. The van der Waals surface area contributed by atoms with Crippen molar-refractivity contribution in [2.24, 2.45) is 11.8 Å². The van der Waals surface area contributed by atoms with Crippen LogP contribution in [0.25, 0.3) is 0 Å². The number of carbonyl (C=O) groups is 2. The molecule has 0 radical (unpaired) electrons. The van der Waals surface area contributed by atoms with Gasteiger partial charge in [-0.2, -0.15) is 5.26 Å². The van der Waals surface area contributed by atoms with E-state index in [0.29, 0.717) is 36.8 Å². The van der Waals surface area contributed by atoms with Crippen molar-refractivity contribution in [2.75, 3.05) is 25.0 Å². The van der Waals surface area contributed by atoms with E-state index >= 15 is 0 Å². The molecule has 0 bridgehead atoms. The van der Waals surface area contributed by atoms with Gasteiger partial charge in [-0.1, -0.05) is 18.2 Å². The Morgan fingerprint density at radius 1 is 1.15 bits per heavy atom. The first kappa shape index (κ1) is 27.9. The normalized spacial score (nSPS) is 24.4. The largest absolute Gasteiger partial charge is 0.444 e. The van der Waals surface area contributed by atoms with E-state index in [-0.39, 0.29) is 35.3 Å². The van der Waals surface area contributed by atoms with Crippen LogP contribution in [-0.2, 0) is 10.2 Å². The molecule has 3 atom stereocenters. The lowest BCUT2D eigenvalue weighted by atomic mass is 9.79. The Labute approximate surface area is 236 Å². The van der Waals surface area contributed by atoms with Crippen molar-refractivity contribution in [1.82, 2.24) is 9.80 Å². The summed E-state index contributed by atoms with van der Waals surface area (Å²) in [7, 11) is 0. The molecule has 1 N–H and O–H groups in total. The van der Waals surface area contributed by atoms with Crippen LogP contribution in [0.15, 0.2) is 48.5 Å². The Morgan fingerprint density at radius 3 is 2.58 bits per heavy atom. The van der Waals surface area contributed by atoms with Gasteiger partial charge in [-0.25, -0.2) is 14.0 Å². The minimum absolute atomic E-state index is 0.0808. The first-order chi connectivity index (χ1) is 19.1. The zero-order valence-corrected chi connectivity index (χ0v) is 23.7. The molecule has 3 fully saturated rings. The monoisotopic (exact) mass is 546 g/mol. The maximum atomic E-state index is 13.8. The molecule has 2 aliphatic carbocycles. The number of likely N-dealkylation sites (tertiary alicyclic amines) is 1. The Hall–Kier alpha value is -3.60. The van der Waals surface area contributed by atoms with Crippen molar-refractivity contribution >= 4 is 17.8 Å². The number of nitriles is 1. The van der Waals surface area contributed by atoms with Crippen LogP contribution in [0.2, 0.25) is 0 Å². The number of benzene rings is 2. The second-order valence-electron chi connectivity index (χ2n) is 12.7. The number of fused-ring (bicyclic) bond motifs is 1. The molecular formula is C32H39FN4O3. The third kappa shape index (κ3) is 6.24. The number of ether oxygens (including phenoxy) is 1. The van der Waals surface area contributed by atoms with Gasteiger partial charge in [0, 0.05) is 31.4 Å². The first-order valence-corrected chi connectivity index (χ1v) is 14.4. The van der Waals surface area contributed by atoms with Gasteiger partial charge in [0.15, 0.2) is 0 Å². The topological polar surface area (TPSA) is 85.7 Å². The number of anilines is 1. The zero-order chi connectivity index (χ0) is 28.5. The van der Waals surface area contributed by atoms with E-state index in [1.165, 1.54) is 17.7 Å². The van der Waals surface area contributed by atoms with Gasteiger partial charge in [0.2, 0.25) is 0 Å². The fraction of sp³-hybridized carbons (Fsp3) is 0.531. The molecule has 3 amide bonds. The van der Waals surface area contributed by atoms with E-state index in [1.54, 1.807) is 17.0 Å². The molecule has 7 nitrogen and oxygen atoms in total. The second-order valence-corrected chi connectivity index (χ2v) is 12.7. The summed E-state index contributed by atoms with van der Waals surface area (Å²) in [6, 6.07) is 16.1. The van der Waals surface area contributed by atoms with Crippen LogP contribution in [-0.4, -0.2) is 53.2 Å². The molecule has 3 aliphatic rings. The Morgan fingerprint density at radius 2 is 1.90 bits per heavy atom. The molecule has 1 saturated heterocycles. The average Bonchev–Trinajstić information content (AvgIpc) is 3.66. The predicted molar refractivity (Wildman–Crippen MR) is 151 cm³/mol. The zero-order valence-electron chi connectivity index (χ0n) is 23.7. The summed E-state index contributed by atoms with van der Waals surface area (Å²) in [5, 5.41) is 12.3. The minimum atomic E-state index is -0.533. The molecule has 40 heavy (non-hydrogen) atoms. The summed E-state index contributed by atoms with van der Waals surface area (Å²) < 4.78 is 19.4. The van der Waals surface area contributed by atoms with Gasteiger partial charge in [-0.05, 0) is 112 Å². The molecule has 2 aromatic carbocycles. The smallest absolute Gasteiger partial charge is 0.410 e. The average molecular weight is 547 g/mol. The van der Waals surface area contributed by atoms with E-state index in [0.717, 1.165) is 38.5 Å². The van der Waals surface area contributed by atoms with Crippen molar-refractivity contribution in [3.05, 3.63) is 65.5 Å². The number of carbonyl (C=O) groups excluding carboxylic acids is 2. The van der Waals surface area contributed by atoms with Crippen LogP contribution >= 0.6 is 0 Å². The minimum Gasteiger partial charge on any atom is -0.444 e. The molecule has 1 heterocycles. The highest BCUT2D eigenvalue weighted by Gasteiger charge is 2.58. The SMILES string of the molecule is CC(C)(C)OC(=O)N1CCC(CN(C(=O)Nc2cccc(F)c2)[C@@H]2CC[C@@]3(c4cccc(C#N)c4)CC3C2)CC1. The van der Waals surface area contributed by atoms with Gasteiger partial charge in [0.05, 0.1) is 11.6 Å². The van der Waals surface area contributed by atoms with Crippen LogP contribution in [0.5, 0.6) is 0 Å². The number of urea groups is 1. The molecule has 2 saturated carbocycles. The Balaban J connectivity index is 1.27. The standard InChI is InChI=1S/C32H39FN4O3/c1-31(2,3)40-30(39)36-14-11-22(12-15-36)21-37(29(38)35-27-9-5-8-26(33)18-27)28-10-13-32(19-25(32)17-28)24-7-4-6-23(16-24)20-34/h4-9,16,18,22,25,28H,10-15,17,19,21H2,1-3H3,(H,35,38)/t25?,28-,32+/m1/s1. The maximum absolute atomic E-state index is 13.8. The summed E-state index contributed by atoms with van der Waals surface area (Å²) in [6.45, 7) is 7.40. The highest BCUT2D eigenvalue weighted by atomic mass is 19.1. The lowest BCUT2D eigenvalue weighted by Crippen LogP contribution is -2.49. The lowest BCUT2D eigenvalue weighted by molar-refractivity contribution is 0.0166.